The van der Waals surface area contributed by atoms with Gasteiger partial charge in [-0.3, -0.25) is 4.79 Å². The summed E-state index contributed by atoms with van der Waals surface area (Å²) in [5.74, 6) is -2.71. The van der Waals surface area contributed by atoms with Crippen LogP contribution in [0.2, 0.25) is 0 Å². The average Bonchev–Trinajstić information content (AvgIpc) is 3.00. The minimum absolute atomic E-state index is 0.397. The van der Waals surface area contributed by atoms with Crippen molar-refractivity contribution in [2.75, 3.05) is 12.9 Å². The van der Waals surface area contributed by atoms with E-state index in [4.69, 9.17) is 0 Å². The summed E-state index contributed by atoms with van der Waals surface area (Å²) < 4.78 is 36.2. The van der Waals surface area contributed by atoms with Gasteiger partial charge in [0, 0.05) is 12.2 Å². The lowest BCUT2D eigenvalue weighted by molar-refractivity contribution is -0.145. The van der Waals surface area contributed by atoms with Gasteiger partial charge in [-0.1, -0.05) is 12.1 Å². The van der Waals surface area contributed by atoms with Gasteiger partial charge in [0.25, 0.3) is 0 Å². The summed E-state index contributed by atoms with van der Waals surface area (Å²) in [4.78, 5) is 11.3. The van der Waals surface area contributed by atoms with Gasteiger partial charge in [-0.25, -0.2) is 12.8 Å². The predicted octanol–water partition coefficient (Wildman–Crippen LogP) is 0.399. The van der Waals surface area contributed by atoms with E-state index >= 15 is 0 Å². The van der Waals surface area contributed by atoms with Crippen molar-refractivity contribution < 1.29 is 27.8 Å². The molecule has 1 saturated carbocycles. The molecule has 0 spiro atoms. The molecule has 2 N–H and O–H groups in total. The number of sulfone groups is 1. The summed E-state index contributed by atoms with van der Waals surface area (Å²) in [6.45, 7) is -0.776. The second-order valence-electron chi connectivity index (χ2n) is 4.78. The van der Waals surface area contributed by atoms with Crippen LogP contribution in [0.1, 0.15) is 11.5 Å². The molecule has 0 aromatic heterocycles. The van der Waals surface area contributed by atoms with Gasteiger partial charge >= 0.3 is 5.97 Å². The highest BCUT2D eigenvalue weighted by molar-refractivity contribution is 7.91. The first-order valence-electron chi connectivity index (χ1n) is 5.53. The van der Waals surface area contributed by atoms with Crippen LogP contribution in [0.5, 0.6) is 0 Å². The van der Waals surface area contributed by atoms with Crippen LogP contribution in [0.3, 0.4) is 0 Å². The number of hydrogen-bond acceptors (Lipinski definition) is 4. The van der Waals surface area contributed by atoms with Crippen molar-refractivity contribution in [2.45, 2.75) is 11.2 Å². The Balaban J connectivity index is 2.50. The van der Waals surface area contributed by atoms with Gasteiger partial charge in [-0.15, -0.1) is 0 Å². The third kappa shape index (κ3) is 2.02. The highest BCUT2D eigenvalue weighted by Crippen LogP contribution is 2.62. The van der Waals surface area contributed by atoms with Crippen molar-refractivity contribution >= 4 is 15.8 Å². The quantitative estimate of drug-likeness (QED) is 0.836. The van der Waals surface area contributed by atoms with E-state index < -0.39 is 44.8 Å². The standard InChI is InChI=1S/C12H13FO5S/c1-19(17,18)10-9(12(10,6-14)11(15)16)7-2-4-8(13)5-3-7/h2-5,9-10,14H,6H2,1H3,(H,15,16)/t9-,10+,12+/m0/s1. The number of carboxylic acid groups (broad SMARTS) is 1. The number of benzene rings is 1. The minimum Gasteiger partial charge on any atom is -0.481 e. The van der Waals surface area contributed by atoms with E-state index in [1.807, 2.05) is 0 Å². The molecular formula is C12H13FO5S. The minimum atomic E-state index is -3.64. The van der Waals surface area contributed by atoms with Crippen LogP contribution in [-0.2, 0) is 14.6 Å². The fourth-order valence-electron chi connectivity index (χ4n) is 2.69. The number of aliphatic hydroxyl groups is 1. The Morgan fingerprint density at radius 1 is 1.37 bits per heavy atom. The van der Waals surface area contributed by atoms with Crippen molar-refractivity contribution in [1.29, 1.82) is 0 Å². The van der Waals surface area contributed by atoms with Crippen molar-refractivity contribution in [3.8, 4) is 0 Å². The molecular weight excluding hydrogens is 275 g/mol. The molecule has 0 bridgehead atoms. The summed E-state index contributed by atoms with van der Waals surface area (Å²) in [5.41, 5.74) is -1.33. The molecule has 104 valence electrons. The molecule has 2 rings (SSSR count). The van der Waals surface area contributed by atoms with E-state index in [1.165, 1.54) is 12.1 Å². The highest BCUT2D eigenvalue weighted by atomic mass is 32.2. The maximum atomic E-state index is 12.9. The van der Waals surface area contributed by atoms with Gasteiger partial charge in [-0.2, -0.15) is 0 Å². The number of halogens is 1. The molecule has 19 heavy (non-hydrogen) atoms. The molecule has 0 unspecified atom stereocenters. The zero-order valence-corrected chi connectivity index (χ0v) is 10.9. The molecule has 5 nitrogen and oxygen atoms in total. The maximum absolute atomic E-state index is 12.9. The first kappa shape index (κ1) is 14.0. The lowest BCUT2D eigenvalue weighted by Gasteiger charge is -2.08. The van der Waals surface area contributed by atoms with Crippen molar-refractivity contribution in [1.82, 2.24) is 0 Å². The summed E-state index contributed by atoms with van der Waals surface area (Å²) >= 11 is 0. The zero-order valence-electron chi connectivity index (χ0n) is 10.1. The largest absolute Gasteiger partial charge is 0.481 e. The Kier molecular flexibility index (Phi) is 3.14. The first-order chi connectivity index (χ1) is 8.75. The molecule has 3 atom stereocenters. The monoisotopic (exact) mass is 288 g/mol. The molecule has 1 aromatic carbocycles. The third-order valence-electron chi connectivity index (χ3n) is 3.61. The average molecular weight is 288 g/mol. The SMILES string of the molecule is CS(=O)(=O)[C@@H]1[C@H](c2ccc(F)cc2)[C@@]1(CO)C(=O)O. The Morgan fingerprint density at radius 2 is 1.89 bits per heavy atom. The van der Waals surface area contributed by atoms with Gasteiger partial charge in [0.05, 0.1) is 11.9 Å². The highest BCUT2D eigenvalue weighted by Gasteiger charge is 2.74. The van der Waals surface area contributed by atoms with Gasteiger partial charge < -0.3 is 10.2 Å². The Labute approximate surface area is 109 Å². The topological polar surface area (TPSA) is 91.7 Å². The zero-order chi connectivity index (χ0) is 14.4. The number of rotatable bonds is 4. The lowest BCUT2D eigenvalue weighted by Crippen LogP contribution is -2.27. The number of aliphatic carboxylic acids is 1. The molecule has 1 aromatic rings. The second-order valence-corrected chi connectivity index (χ2v) is 6.95. The Bertz CT molecular complexity index is 610. The molecule has 0 heterocycles. The number of aliphatic hydroxyl groups excluding tert-OH is 1. The molecule has 0 radical (unpaired) electrons. The molecule has 7 heteroatoms. The van der Waals surface area contributed by atoms with Gasteiger partial charge in [0.15, 0.2) is 9.84 Å². The maximum Gasteiger partial charge on any atom is 0.314 e. The van der Waals surface area contributed by atoms with Gasteiger partial charge in [0.1, 0.15) is 11.2 Å². The van der Waals surface area contributed by atoms with Crippen LogP contribution in [0.25, 0.3) is 0 Å². The fourth-order valence-corrected chi connectivity index (χ4v) is 4.59. The van der Waals surface area contributed by atoms with Crippen molar-refractivity contribution in [3.63, 3.8) is 0 Å². The molecule has 1 aliphatic rings. The number of hydrogen-bond donors (Lipinski definition) is 2. The molecule has 0 amide bonds. The van der Waals surface area contributed by atoms with Gasteiger partial charge in [-0.05, 0) is 17.7 Å². The number of carbonyl (C=O) groups is 1. The van der Waals surface area contributed by atoms with Crippen LogP contribution in [0.15, 0.2) is 24.3 Å². The van der Waals surface area contributed by atoms with Gasteiger partial charge in [0.2, 0.25) is 0 Å². The van der Waals surface area contributed by atoms with E-state index in [-0.39, 0.29) is 0 Å². The Morgan fingerprint density at radius 3 is 2.21 bits per heavy atom. The van der Waals surface area contributed by atoms with Crippen molar-refractivity contribution in [3.05, 3.63) is 35.6 Å². The first-order valence-corrected chi connectivity index (χ1v) is 7.49. The van der Waals surface area contributed by atoms with Crippen LogP contribution >= 0.6 is 0 Å². The normalized spacial score (nSPS) is 30.1. The summed E-state index contributed by atoms with van der Waals surface area (Å²) in [5, 5.41) is 17.4. The van der Waals surface area contributed by atoms with E-state index in [9.17, 15) is 27.8 Å². The molecule has 0 saturated heterocycles. The van der Waals surface area contributed by atoms with E-state index in [2.05, 4.69) is 0 Å². The molecule has 0 aliphatic heterocycles. The second kappa shape index (κ2) is 4.28. The van der Waals surface area contributed by atoms with Crippen LogP contribution in [0.4, 0.5) is 4.39 Å². The van der Waals surface area contributed by atoms with Crippen molar-refractivity contribution in [2.24, 2.45) is 5.41 Å². The Hall–Kier alpha value is -1.47. The number of carboxylic acids is 1. The van der Waals surface area contributed by atoms with Crippen LogP contribution in [-0.4, -0.2) is 42.7 Å². The van der Waals surface area contributed by atoms with E-state index in [0.29, 0.717) is 5.56 Å². The summed E-state index contributed by atoms with van der Waals surface area (Å²) in [6.07, 6.45) is 0.939. The third-order valence-corrected chi connectivity index (χ3v) is 5.22. The molecule has 1 aliphatic carbocycles. The smallest absolute Gasteiger partial charge is 0.314 e. The van der Waals surface area contributed by atoms with Crippen LogP contribution in [0, 0.1) is 11.2 Å². The predicted molar refractivity (Wildman–Crippen MR) is 64.9 cm³/mol. The lowest BCUT2D eigenvalue weighted by atomic mass is 10.0. The van der Waals surface area contributed by atoms with Crippen LogP contribution < -0.4 is 0 Å². The molecule has 1 fully saturated rings. The summed E-state index contributed by atoms with van der Waals surface area (Å²) in [6, 6.07) is 4.96. The summed E-state index contributed by atoms with van der Waals surface area (Å²) in [7, 11) is -3.64. The van der Waals surface area contributed by atoms with E-state index in [1.54, 1.807) is 0 Å². The van der Waals surface area contributed by atoms with E-state index in [0.717, 1.165) is 18.4 Å². The fraction of sp³-hybridized carbons (Fsp3) is 0.417.